The van der Waals surface area contributed by atoms with Gasteiger partial charge in [0.15, 0.2) is 0 Å². The molecule has 2 aromatic rings. The molecule has 5 heteroatoms. The van der Waals surface area contributed by atoms with E-state index in [9.17, 15) is 13.6 Å². The van der Waals surface area contributed by atoms with E-state index in [0.717, 1.165) is 23.3 Å². The zero-order valence-electron chi connectivity index (χ0n) is 13.1. The van der Waals surface area contributed by atoms with Crippen molar-refractivity contribution in [3.63, 3.8) is 0 Å². The topological polar surface area (TPSA) is 38.3 Å². The SMILES string of the molecule is CC(C)OCc1ccc(CNC(=O)c2c(F)cccc2F)cc1. The van der Waals surface area contributed by atoms with Crippen LogP contribution in [0.3, 0.4) is 0 Å². The highest BCUT2D eigenvalue weighted by molar-refractivity contribution is 5.94. The van der Waals surface area contributed by atoms with Crippen molar-refractivity contribution in [1.82, 2.24) is 5.32 Å². The Hall–Kier alpha value is -2.27. The summed E-state index contributed by atoms with van der Waals surface area (Å²) in [5.41, 5.74) is 1.30. The molecular formula is C18H19F2NO2. The predicted molar refractivity (Wildman–Crippen MR) is 83.9 cm³/mol. The standard InChI is InChI=1S/C18H19F2NO2/c1-12(2)23-11-14-8-6-13(7-9-14)10-21-18(22)17-15(19)4-3-5-16(17)20/h3-9,12H,10-11H2,1-2H3,(H,21,22). The van der Waals surface area contributed by atoms with Crippen LogP contribution >= 0.6 is 0 Å². The van der Waals surface area contributed by atoms with Gasteiger partial charge in [-0.25, -0.2) is 8.78 Å². The van der Waals surface area contributed by atoms with Gasteiger partial charge in [0.05, 0.1) is 12.7 Å². The van der Waals surface area contributed by atoms with Crippen LogP contribution in [0.4, 0.5) is 8.78 Å². The van der Waals surface area contributed by atoms with Gasteiger partial charge in [-0.1, -0.05) is 30.3 Å². The molecule has 122 valence electrons. The second-order valence-corrected chi connectivity index (χ2v) is 5.46. The molecule has 1 amide bonds. The van der Waals surface area contributed by atoms with Crippen LogP contribution in [-0.2, 0) is 17.9 Å². The van der Waals surface area contributed by atoms with Gasteiger partial charge >= 0.3 is 0 Å². The largest absolute Gasteiger partial charge is 0.374 e. The van der Waals surface area contributed by atoms with Crippen LogP contribution < -0.4 is 5.32 Å². The van der Waals surface area contributed by atoms with Gasteiger partial charge in [0.2, 0.25) is 0 Å². The number of carbonyl (C=O) groups excluding carboxylic acids is 1. The monoisotopic (exact) mass is 319 g/mol. The number of nitrogens with one attached hydrogen (secondary N) is 1. The summed E-state index contributed by atoms with van der Waals surface area (Å²) in [5, 5.41) is 2.52. The Labute approximate surface area is 134 Å². The average molecular weight is 319 g/mol. The second kappa shape index (κ2) is 7.83. The van der Waals surface area contributed by atoms with E-state index in [2.05, 4.69) is 5.32 Å². The van der Waals surface area contributed by atoms with Gasteiger partial charge in [-0.15, -0.1) is 0 Å². The molecule has 0 aromatic heterocycles. The first-order chi connectivity index (χ1) is 11.0. The van der Waals surface area contributed by atoms with E-state index in [-0.39, 0.29) is 12.6 Å². The summed E-state index contributed by atoms with van der Waals surface area (Å²) in [6.07, 6.45) is 0.157. The quantitative estimate of drug-likeness (QED) is 0.879. The van der Waals surface area contributed by atoms with E-state index >= 15 is 0 Å². The molecule has 0 spiro atoms. The van der Waals surface area contributed by atoms with Gasteiger partial charge in [0.25, 0.3) is 5.91 Å². The number of rotatable bonds is 6. The molecule has 0 aliphatic heterocycles. The zero-order valence-corrected chi connectivity index (χ0v) is 13.1. The van der Waals surface area contributed by atoms with Crippen molar-refractivity contribution in [2.45, 2.75) is 33.1 Å². The van der Waals surface area contributed by atoms with Crippen molar-refractivity contribution in [2.24, 2.45) is 0 Å². The van der Waals surface area contributed by atoms with Crippen LogP contribution in [0.2, 0.25) is 0 Å². The maximum absolute atomic E-state index is 13.5. The Morgan fingerprint density at radius 3 is 2.17 bits per heavy atom. The third kappa shape index (κ3) is 4.86. The minimum absolute atomic E-state index is 0.157. The van der Waals surface area contributed by atoms with Crippen LogP contribution in [0.1, 0.15) is 35.3 Å². The second-order valence-electron chi connectivity index (χ2n) is 5.46. The fourth-order valence-electron chi connectivity index (χ4n) is 2.00. The van der Waals surface area contributed by atoms with Gasteiger partial charge in [0.1, 0.15) is 17.2 Å². The lowest BCUT2D eigenvalue weighted by Crippen LogP contribution is -2.25. The van der Waals surface area contributed by atoms with Crippen molar-refractivity contribution in [1.29, 1.82) is 0 Å². The molecule has 1 N–H and O–H groups in total. The summed E-state index contributed by atoms with van der Waals surface area (Å²) in [5.74, 6) is -2.51. The molecule has 2 aromatic carbocycles. The van der Waals surface area contributed by atoms with E-state index in [4.69, 9.17) is 4.74 Å². The van der Waals surface area contributed by atoms with Crippen molar-refractivity contribution in [3.8, 4) is 0 Å². The van der Waals surface area contributed by atoms with Crippen LogP contribution in [0.15, 0.2) is 42.5 Å². The van der Waals surface area contributed by atoms with Gasteiger partial charge in [-0.05, 0) is 37.1 Å². The summed E-state index contributed by atoms with van der Waals surface area (Å²) < 4.78 is 32.5. The molecule has 0 saturated heterocycles. The van der Waals surface area contributed by atoms with E-state index < -0.39 is 23.1 Å². The van der Waals surface area contributed by atoms with Gasteiger partial charge in [0, 0.05) is 6.54 Å². The number of amides is 1. The first-order valence-electron chi connectivity index (χ1n) is 7.39. The first kappa shape index (κ1) is 17.1. The van der Waals surface area contributed by atoms with E-state index in [1.54, 1.807) is 0 Å². The first-order valence-corrected chi connectivity index (χ1v) is 7.39. The maximum Gasteiger partial charge on any atom is 0.257 e. The lowest BCUT2D eigenvalue weighted by Gasteiger charge is -2.09. The lowest BCUT2D eigenvalue weighted by molar-refractivity contribution is 0.0657. The predicted octanol–water partition coefficient (Wildman–Crippen LogP) is 3.82. The van der Waals surface area contributed by atoms with Crippen molar-refractivity contribution in [2.75, 3.05) is 0 Å². The molecule has 0 atom stereocenters. The Kier molecular flexibility index (Phi) is 5.82. The Morgan fingerprint density at radius 1 is 1.04 bits per heavy atom. The minimum atomic E-state index is -0.872. The Bertz CT molecular complexity index is 649. The Balaban J connectivity index is 1.94. The molecule has 0 aliphatic carbocycles. The maximum atomic E-state index is 13.5. The Morgan fingerprint density at radius 2 is 1.61 bits per heavy atom. The van der Waals surface area contributed by atoms with Crippen LogP contribution in [0, 0.1) is 11.6 Å². The van der Waals surface area contributed by atoms with Crippen molar-refractivity contribution < 1.29 is 18.3 Å². The number of carbonyl (C=O) groups is 1. The highest BCUT2D eigenvalue weighted by atomic mass is 19.1. The number of ether oxygens (including phenoxy) is 1. The number of halogens is 2. The van der Waals surface area contributed by atoms with Crippen LogP contribution in [0.25, 0.3) is 0 Å². The molecule has 0 radical (unpaired) electrons. The van der Waals surface area contributed by atoms with E-state index in [1.807, 2.05) is 38.1 Å². The minimum Gasteiger partial charge on any atom is -0.374 e. The van der Waals surface area contributed by atoms with Gasteiger partial charge < -0.3 is 10.1 Å². The summed E-state index contributed by atoms with van der Waals surface area (Å²) in [6, 6.07) is 10.8. The fourth-order valence-corrected chi connectivity index (χ4v) is 2.00. The van der Waals surface area contributed by atoms with E-state index in [0.29, 0.717) is 6.61 Å². The highest BCUT2D eigenvalue weighted by Crippen LogP contribution is 2.12. The summed E-state index contributed by atoms with van der Waals surface area (Å²) >= 11 is 0. The molecule has 23 heavy (non-hydrogen) atoms. The number of benzene rings is 2. The van der Waals surface area contributed by atoms with E-state index in [1.165, 1.54) is 6.07 Å². The molecule has 3 nitrogen and oxygen atoms in total. The molecule has 0 bridgehead atoms. The van der Waals surface area contributed by atoms with Gasteiger partial charge in [-0.2, -0.15) is 0 Å². The third-order valence-corrected chi connectivity index (χ3v) is 3.25. The normalized spacial score (nSPS) is 10.8. The summed E-state index contributed by atoms with van der Waals surface area (Å²) in [4.78, 5) is 11.9. The number of hydrogen-bond acceptors (Lipinski definition) is 2. The smallest absolute Gasteiger partial charge is 0.257 e. The van der Waals surface area contributed by atoms with Gasteiger partial charge in [-0.3, -0.25) is 4.79 Å². The third-order valence-electron chi connectivity index (χ3n) is 3.25. The summed E-state index contributed by atoms with van der Waals surface area (Å²) in [6.45, 7) is 4.64. The molecule has 0 unspecified atom stereocenters. The zero-order chi connectivity index (χ0) is 16.8. The number of hydrogen-bond donors (Lipinski definition) is 1. The molecule has 2 rings (SSSR count). The fraction of sp³-hybridized carbons (Fsp3) is 0.278. The molecule has 0 aliphatic rings. The van der Waals surface area contributed by atoms with Crippen molar-refractivity contribution >= 4 is 5.91 Å². The average Bonchev–Trinajstić information content (AvgIpc) is 2.51. The lowest BCUT2D eigenvalue weighted by atomic mass is 10.1. The molecule has 0 fully saturated rings. The molecular weight excluding hydrogens is 300 g/mol. The highest BCUT2D eigenvalue weighted by Gasteiger charge is 2.16. The van der Waals surface area contributed by atoms with Crippen LogP contribution in [0.5, 0.6) is 0 Å². The molecule has 0 heterocycles. The summed E-state index contributed by atoms with van der Waals surface area (Å²) in [7, 11) is 0. The van der Waals surface area contributed by atoms with Crippen molar-refractivity contribution in [3.05, 3.63) is 70.8 Å². The van der Waals surface area contributed by atoms with Crippen LogP contribution in [-0.4, -0.2) is 12.0 Å². The molecule has 0 saturated carbocycles.